The Labute approximate surface area is 130 Å². The van der Waals surface area contributed by atoms with Crippen molar-refractivity contribution in [3.8, 4) is 0 Å². The number of benzene rings is 1. The van der Waals surface area contributed by atoms with E-state index in [9.17, 15) is 0 Å². The minimum Gasteiger partial charge on any atom is -0.425 e. The van der Waals surface area contributed by atoms with Crippen LogP contribution in [0.2, 0.25) is 6.82 Å². The fourth-order valence-electron chi connectivity index (χ4n) is 2.20. The molecule has 0 amide bonds. The summed E-state index contributed by atoms with van der Waals surface area (Å²) in [4.78, 5) is 4.27. The highest BCUT2D eigenvalue weighted by Gasteiger charge is 2.15. The highest BCUT2D eigenvalue weighted by atomic mass is 16.4. The minimum absolute atomic E-state index is 0. The molecule has 0 N–H and O–H groups in total. The zero-order chi connectivity index (χ0) is 13.8. The highest BCUT2D eigenvalue weighted by Crippen LogP contribution is 2.09. The van der Waals surface area contributed by atoms with Gasteiger partial charge in [0.1, 0.15) is 0 Å². The van der Waals surface area contributed by atoms with Gasteiger partial charge in [-0.2, -0.15) is 0 Å². The molecule has 114 valence electrons. The zero-order valence-electron chi connectivity index (χ0n) is 12.1. The number of rotatable bonds is 4. The van der Waals surface area contributed by atoms with Gasteiger partial charge in [0.25, 0.3) is 0 Å². The molecule has 0 saturated heterocycles. The first-order valence-corrected chi connectivity index (χ1v) is 6.67. The molecule has 0 unspecified atom stereocenters. The van der Waals surface area contributed by atoms with E-state index in [0.717, 1.165) is 5.69 Å². The molecule has 2 nitrogen and oxygen atoms in total. The summed E-state index contributed by atoms with van der Waals surface area (Å²) in [5, 5.41) is 0. The fourth-order valence-corrected chi connectivity index (χ4v) is 2.20. The maximum Gasteiger partial charge on any atom is 0.324 e. The van der Waals surface area contributed by atoms with Gasteiger partial charge >= 0.3 is 6.92 Å². The Morgan fingerprint density at radius 3 is 2.29 bits per heavy atom. The topological polar surface area (TPSA) is 22.1 Å². The van der Waals surface area contributed by atoms with E-state index >= 15 is 0 Å². The Bertz CT molecular complexity index is 555. The zero-order valence-corrected chi connectivity index (χ0v) is 12.1. The van der Waals surface area contributed by atoms with E-state index in [1.807, 2.05) is 18.2 Å². The summed E-state index contributed by atoms with van der Waals surface area (Å²) in [6.07, 6.45) is 1.80. The lowest BCUT2D eigenvalue weighted by Crippen LogP contribution is -2.32. The number of hydrogen-bond donors (Lipinski definition) is 0. The van der Waals surface area contributed by atoms with Gasteiger partial charge in [-0.1, -0.05) is 45.4 Å². The van der Waals surface area contributed by atoms with Gasteiger partial charge in [-0.3, -0.25) is 4.98 Å². The summed E-state index contributed by atoms with van der Waals surface area (Å²) in [5.41, 5.74) is 6.17. The number of pyridine rings is 1. The van der Waals surface area contributed by atoms with Crippen molar-refractivity contribution in [3.05, 3.63) is 58.9 Å². The minimum atomic E-state index is 0. The Kier molecular flexibility index (Phi) is 7.97. The van der Waals surface area contributed by atoms with Crippen molar-refractivity contribution in [1.82, 2.24) is 4.98 Å². The van der Waals surface area contributed by atoms with Gasteiger partial charge in [-0.15, -0.1) is 0 Å². The second kappa shape index (κ2) is 8.63. The summed E-state index contributed by atoms with van der Waals surface area (Å²) in [7, 11) is 0. The third kappa shape index (κ3) is 5.02. The van der Waals surface area contributed by atoms with Crippen LogP contribution in [0.15, 0.2) is 36.5 Å². The van der Waals surface area contributed by atoms with E-state index in [0.29, 0.717) is 6.61 Å². The van der Waals surface area contributed by atoms with Crippen molar-refractivity contribution in [2.75, 3.05) is 0 Å². The Morgan fingerprint density at radius 1 is 1.00 bits per heavy atom. The van der Waals surface area contributed by atoms with Crippen LogP contribution in [0.1, 0.15) is 37.2 Å². The Hall–Kier alpha value is -1.61. The fraction of sp³-hybridized carbons (Fsp3) is 0.389. The van der Waals surface area contributed by atoms with Gasteiger partial charge in [0.2, 0.25) is 0 Å². The van der Waals surface area contributed by atoms with Crippen molar-refractivity contribution in [3.63, 3.8) is 0 Å². The predicted octanol–water partition coefficient (Wildman–Crippen LogP) is 4.32. The molecule has 0 spiro atoms. The van der Waals surface area contributed by atoms with Crippen LogP contribution in [0.25, 0.3) is 0 Å². The maximum absolute atomic E-state index is 5.93. The molecule has 0 bridgehead atoms. The molecule has 1 aromatic carbocycles. The van der Waals surface area contributed by atoms with Gasteiger partial charge < -0.3 is 4.65 Å². The molecule has 0 aliphatic carbocycles. The van der Waals surface area contributed by atoms with Crippen LogP contribution in [0.4, 0.5) is 0 Å². The molecule has 2 aromatic rings. The molecule has 0 fully saturated rings. The molecule has 2 rings (SSSR count). The smallest absolute Gasteiger partial charge is 0.324 e. The summed E-state index contributed by atoms with van der Waals surface area (Å²) < 4.78 is 5.93. The predicted molar refractivity (Wildman–Crippen MR) is 94.4 cm³/mol. The first kappa shape index (κ1) is 19.4. The van der Waals surface area contributed by atoms with E-state index in [1.54, 1.807) is 6.20 Å². The van der Waals surface area contributed by atoms with Crippen LogP contribution in [-0.2, 0) is 11.3 Å². The van der Waals surface area contributed by atoms with Gasteiger partial charge in [0, 0.05) is 6.20 Å². The molecule has 0 saturated carbocycles. The molecule has 1 aromatic heterocycles. The lowest BCUT2D eigenvalue weighted by Gasteiger charge is -2.15. The first-order valence-electron chi connectivity index (χ1n) is 6.67. The average Bonchev–Trinajstić information content (AvgIpc) is 2.41. The Morgan fingerprint density at radius 2 is 1.67 bits per heavy atom. The SMILES string of the molecule is C.C.CB(OCc1ccccn1)c1cc(C)c(C)cc1C. The second-order valence-corrected chi connectivity index (χ2v) is 5.07. The number of aryl methyl sites for hydroxylation is 3. The average molecular weight is 285 g/mol. The van der Waals surface area contributed by atoms with Gasteiger partial charge in [0.05, 0.1) is 12.3 Å². The van der Waals surface area contributed by atoms with Crippen LogP contribution in [0, 0.1) is 20.8 Å². The maximum atomic E-state index is 5.93. The molecular formula is C18H28BNO. The van der Waals surface area contributed by atoms with E-state index in [2.05, 4.69) is 44.7 Å². The second-order valence-electron chi connectivity index (χ2n) is 5.07. The van der Waals surface area contributed by atoms with Crippen LogP contribution in [0.3, 0.4) is 0 Å². The van der Waals surface area contributed by atoms with Crippen LogP contribution < -0.4 is 5.46 Å². The molecular weight excluding hydrogens is 257 g/mol. The third-order valence-corrected chi connectivity index (χ3v) is 3.53. The lowest BCUT2D eigenvalue weighted by molar-refractivity contribution is 0.313. The highest BCUT2D eigenvalue weighted by molar-refractivity contribution is 6.66. The largest absolute Gasteiger partial charge is 0.425 e. The Balaban J connectivity index is 0.00000200. The number of hydrogen-bond acceptors (Lipinski definition) is 2. The van der Waals surface area contributed by atoms with E-state index < -0.39 is 0 Å². The van der Waals surface area contributed by atoms with Crippen LogP contribution >= 0.6 is 0 Å². The van der Waals surface area contributed by atoms with Gasteiger partial charge in [-0.05, 0) is 49.5 Å². The van der Waals surface area contributed by atoms with Crippen LogP contribution in [-0.4, -0.2) is 11.9 Å². The standard InChI is InChI=1S/C16H20BNO.2CH4/c1-12-9-14(3)16(10-13(12)2)17(4)19-11-15-7-5-6-8-18-15;;/h5-10H,11H2,1-4H3;2*1H4. The van der Waals surface area contributed by atoms with Gasteiger partial charge in [0.15, 0.2) is 0 Å². The van der Waals surface area contributed by atoms with Crippen LogP contribution in [0.5, 0.6) is 0 Å². The molecule has 0 aliphatic heterocycles. The molecule has 0 radical (unpaired) electrons. The van der Waals surface area contributed by atoms with Crippen molar-refractivity contribution in [2.24, 2.45) is 0 Å². The van der Waals surface area contributed by atoms with Crippen molar-refractivity contribution >= 4 is 12.4 Å². The van der Waals surface area contributed by atoms with Gasteiger partial charge in [-0.25, -0.2) is 0 Å². The van der Waals surface area contributed by atoms with E-state index in [1.165, 1.54) is 22.2 Å². The first-order chi connectivity index (χ1) is 9.08. The molecule has 1 heterocycles. The third-order valence-electron chi connectivity index (χ3n) is 3.53. The lowest BCUT2D eigenvalue weighted by atomic mass is 9.61. The van der Waals surface area contributed by atoms with Crippen molar-refractivity contribution < 1.29 is 4.65 Å². The van der Waals surface area contributed by atoms with E-state index in [4.69, 9.17) is 4.65 Å². The number of nitrogens with zero attached hydrogens (tertiary/aromatic N) is 1. The molecule has 3 heteroatoms. The van der Waals surface area contributed by atoms with Crippen molar-refractivity contribution in [2.45, 2.75) is 49.1 Å². The molecule has 0 aliphatic rings. The summed E-state index contributed by atoms with van der Waals surface area (Å²) in [6.45, 7) is 9.16. The summed E-state index contributed by atoms with van der Waals surface area (Å²) in [6, 6.07) is 10.3. The molecule has 0 atom stereocenters. The van der Waals surface area contributed by atoms with Crippen molar-refractivity contribution in [1.29, 1.82) is 0 Å². The molecule has 21 heavy (non-hydrogen) atoms. The quantitative estimate of drug-likeness (QED) is 0.780. The number of aromatic nitrogens is 1. The monoisotopic (exact) mass is 285 g/mol. The summed E-state index contributed by atoms with van der Waals surface area (Å²) in [5.74, 6) is 0. The van der Waals surface area contributed by atoms with E-state index in [-0.39, 0.29) is 21.8 Å². The normalized spacial score (nSPS) is 9.52. The summed E-state index contributed by atoms with van der Waals surface area (Å²) >= 11 is 0.